The Bertz CT molecular complexity index is 654. The van der Waals surface area contributed by atoms with Gasteiger partial charge in [0.25, 0.3) is 5.91 Å². The SMILES string of the molecule is COc1cc(NC(=O)c2ccc(C(=O)O)o2)cc(OC)c1. The molecule has 0 saturated carbocycles. The molecule has 0 aliphatic rings. The minimum atomic E-state index is -1.24. The van der Waals surface area contributed by atoms with Gasteiger partial charge in [0, 0.05) is 23.9 Å². The van der Waals surface area contributed by atoms with Gasteiger partial charge in [0.1, 0.15) is 11.5 Å². The Morgan fingerprint density at radius 3 is 2.10 bits per heavy atom. The van der Waals surface area contributed by atoms with Crippen LogP contribution in [0.5, 0.6) is 11.5 Å². The number of rotatable bonds is 5. The lowest BCUT2D eigenvalue weighted by molar-refractivity contribution is 0.0660. The Balaban J connectivity index is 2.20. The molecule has 0 fully saturated rings. The molecular formula is C14H13NO6. The van der Waals surface area contributed by atoms with Gasteiger partial charge in [-0.05, 0) is 12.1 Å². The molecule has 1 aromatic heterocycles. The molecule has 0 unspecified atom stereocenters. The summed E-state index contributed by atoms with van der Waals surface area (Å²) >= 11 is 0. The van der Waals surface area contributed by atoms with Crippen LogP contribution in [0, 0.1) is 0 Å². The van der Waals surface area contributed by atoms with Gasteiger partial charge in [0.15, 0.2) is 5.76 Å². The molecule has 1 heterocycles. The molecule has 0 aliphatic heterocycles. The maximum atomic E-state index is 12.0. The smallest absolute Gasteiger partial charge is 0.371 e. The van der Waals surface area contributed by atoms with Crippen molar-refractivity contribution in [3.63, 3.8) is 0 Å². The molecule has 1 aromatic carbocycles. The number of anilines is 1. The summed E-state index contributed by atoms with van der Waals surface area (Å²) in [6.45, 7) is 0. The molecule has 0 atom stereocenters. The zero-order valence-electron chi connectivity index (χ0n) is 11.4. The van der Waals surface area contributed by atoms with E-state index in [0.717, 1.165) is 0 Å². The van der Waals surface area contributed by atoms with E-state index in [-0.39, 0.29) is 11.5 Å². The van der Waals surface area contributed by atoms with Gasteiger partial charge in [0.2, 0.25) is 5.76 Å². The van der Waals surface area contributed by atoms with Crippen LogP contribution in [0.15, 0.2) is 34.7 Å². The lowest BCUT2D eigenvalue weighted by Crippen LogP contribution is -2.11. The van der Waals surface area contributed by atoms with Gasteiger partial charge < -0.3 is 24.3 Å². The molecule has 110 valence electrons. The number of carbonyl (C=O) groups is 2. The predicted molar refractivity (Wildman–Crippen MR) is 73.2 cm³/mol. The molecule has 7 heteroatoms. The number of furan rings is 1. The van der Waals surface area contributed by atoms with Crippen molar-refractivity contribution in [3.8, 4) is 11.5 Å². The summed E-state index contributed by atoms with van der Waals surface area (Å²) in [7, 11) is 2.98. The zero-order valence-corrected chi connectivity index (χ0v) is 11.4. The number of carboxylic acids is 1. The fourth-order valence-electron chi connectivity index (χ4n) is 1.65. The van der Waals surface area contributed by atoms with Crippen molar-refractivity contribution in [2.45, 2.75) is 0 Å². The lowest BCUT2D eigenvalue weighted by atomic mass is 10.2. The molecule has 0 radical (unpaired) electrons. The Hall–Kier alpha value is -2.96. The van der Waals surface area contributed by atoms with Crippen LogP contribution in [0.1, 0.15) is 21.1 Å². The van der Waals surface area contributed by atoms with Crippen molar-refractivity contribution in [2.24, 2.45) is 0 Å². The first-order valence-electron chi connectivity index (χ1n) is 5.91. The van der Waals surface area contributed by atoms with Gasteiger partial charge in [-0.2, -0.15) is 0 Å². The van der Waals surface area contributed by atoms with Gasteiger partial charge >= 0.3 is 5.97 Å². The average Bonchev–Trinajstić information content (AvgIpc) is 2.97. The summed E-state index contributed by atoms with van der Waals surface area (Å²) in [6.07, 6.45) is 0. The molecule has 2 aromatic rings. The van der Waals surface area contributed by atoms with Gasteiger partial charge in [0.05, 0.1) is 14.2 Å². The van der Waals surface area contributed by atoms with Crippen LogP contribution in [-0.4, -0.2) is 31.2 Å². The first kappa shape index (κ1) is 14.4. The Kier molecular flexibility index (Phi) is 4.13. The van der Waals surface area contributed by atoms with Crippen molar-refractivity contribution in [2.75, 3.05) is 19.5 Å². The highest BCUT2D eigenvalue weighted by molar-refractivity contribution is 6.03. The number of amides is 1. The third-order valence-electron chi connectivity index (χ3n) is 2.65. The van der Waals surface area contributed by atoms with E-state index in [4.69, 9.17) is 19.0 Å². The summed E-state index contributed by atoms with van der Waals surface area (Å²) in [4.78, 5) is 22.7. The average molecular weight is 291 g/mol. The molecule has 0 spiro atoms. The Morgan fingerprint density at radius 1 is 1.05 bits per heavy atom. The van der Waals surface area contributed by atoms with E-state index >= 15 is 0 Å². The van der Waals surface area contributed by atoms with Crippen LogP contribution < -0.4 is 14.8 Å². The first-order valence-corrected chi connectivity index (χ1v) is 5.91. The molecule has 0 aliphatic carbocycles. The third-order valence-corrected chi connectivity index (χ3v) is 2.65. The fraction of sp³-hybridized carbons (Fsp3) is 0.143. The van der Waals surface area contributed by atoms with Crippen LogP contribution in [0.2, 0.25) is 0 Å². The summed E-state index contributed by atoms with van der Waals surface area (Å²) in [5.41, 5.74) is 0.435. The second-order valence-corrected chi connectivity index (χ2v) is 4.02. The predicted octanol–water partition coefficient (Wildman–Crippen LogP) is 2.25. The minimum absolute atomic E-state index is 0.103. The summed E-state index contributed by atoms with van der Waals surface area (Å²) < 4.78 is 15.1. The van der Waals surface area contributed by atoms with Crippen LogP contribution in [0.3, 0.4) is 0 Å². The van der Waals surface area contributed by atoms with E-state index in [2.05, 4.69) is 5.32 Å². The highest BCUT2D eigenvalue weighted by atomic mass is 16.5. The summed E-state index contributed by atoms with van der Waals surface area (Å²) in [6, 6.07) is 7.35. The maximum Gasteiger partial charge on any atom is 0.371 e. The fourth-order valence-corrected chi connectivity index (χ4v) is 1.65. The van der Waals surface area contributed by atoms with E-state index in [1.807, 2.05) is 0 Å². The zero-order chi connectivity index (χ0) is 15.4. The van der Waals surface area contributed by atoms with E-state index < -0.39 is 11.9 Å². The summed E-state index contributed by atoms with van der Waals surface area (Å²) in [5.74, 6) is -1.20. The van der Waals surface area contributed by atoms with Crippen molar-refractivity contribution in [3.05, 3.63) is 41.9 Å². The second-order valence-electron chi connectivity index (χ2n) is 4.02. The van der Waals surface area contributed by atoms with Gasteiger partial charge in [-0.25, -0.2) is 4.79 Å². The molecule has 0 saturated heterocycles. The molecule has 0 bridgehead atoms. The molecule has 2 rings (SSSR count). The monoisotopic (exact) mass is 291 g/mol. The number of carbonyl (C=O) groups excluding carboxylic acids is 1. The van der Waals surface area contributed by atoms with E-state index in [9.17, 15) is 9.59 Å². The van der Waals surface area contributed by atoms with Crippen molar-refractivity contribution in [1.82, 2.24) is 0 Å². The molecule has 2 N–H and O–H groups in total. The molecule has 7 nitrogen and oxygen atoms in total. The number of hydrogen-bond donors (Lipinski definition) is 2. The summed E-state index contributed by atoms with van der Waals surface area (Å²) in [5, 5.41) is 11.3. The number of carboxylic acid groups (broad SMARTS) is 1. The third kappa shape index (κ3) is 3.33. The Labute approximate surface area is 120 Å². The van der Waals surface area contributed by atoms with E-state index in [1.54, 1.807) is 18.2 Å². The van der Waals surface area contributed by atoms with E-state index in [0.29, 0.717) is 17.2 Å². The molecular weight excluding hydrogens is 278 g/mol. The van der Waals surface area contributed by atoms with Crippen LogP contribution in [0.4, 0.5) is 5.69 Å². The number of benzene rings is 1. The van der Waals surface area contributed by atoms with Crippen LogP contribution >= 0.6 is 0 Å². The largest absolute Gasteiger partial charge is 0.497 e. The molecule has 21 heavy (non-hydrogen) atoms. The van der Waals surface area contributed by atoms with Crippen molar-refractivity contribution in [1.29, 1.82) is 0 Å². The molecule has 1 amide bonds. The number of methoxy groups -OCH3 is 2. The van der Waals surface area contributed by atoms with Crippen LogP contribution in [0.25, 0.3) is 0 Å². The number of ether oxygens (including phenoxy) is 2. The topological polar surface area (TPSA) is 98.0 Å². The van der Waals surface area contributed by atoms with Crippen molar-refractivity contribution >= 4 is 17.6 Å². The number of aromatic carboxylic acids is 1. The number of nitrogens with one attached hydrogen (secondary N) is 1. The number of hydrogen-bond acceptors (Lipinski definition) is 5. The lowest BCUT2D eigenvalue weighted by Gasteiger charge is -2.09. The quantitative estimate of drug-likeness (QED) is 0.876. The van der Waals surface area contributed by atoms with E-state index in [1.165, 1.54) is 26.4 Å². The standard InChI is InChI=1S/C14H13NO6/c1-19-9-5-8(6-10(7-9)20-2)15-13(16)11-3-4-12(21-11)14(17)18/h3-7H,1-2H3,(H,15,16)(H,17,18). The normalized spacial score (nSPS) is 10.0. The highest BCUT2D eigenvalue weighted by Gasteiger charge is 2.15. The minimum Gasteiger partial charge on any atom is -0.497 e. The first-order chi connectivity index (χ1) is 10.0. The second kappa shape index (κ2) is 6.00. The van der Waals surface area contributed by atoms with Crippen LogP contribution in [-0.2, 0) is 0 Å². The van der Waals surface area contributed by atoms with Crippen molar-refractivity contribution < 1.29 is 28.6 Å². The van der Waals surface area contributed by atoms with Gasteiger partial charge in [-0.3, -0.25) is 4.79 Å². The van der Waals surface area contributed by atoms with Gasteiger partial charge in [-0.15, -0.1) is 0 Å². The van der Waals surface area contributed by atoms with Gasteiger partial charge in [-0.1, -0.05) is 0 Å². The Morgan fingerprint density at radius 2 is 1.62 bits per heavy atom. The highest BCUT2D eigenvalue weighted by Crippen LogP contribution is 2.26. The maximum absolute atomic E-state index is 12.0.